The number of hydrogen-bond acceptors (Lipinski definition) is 2. The van der Waals surface area contributed by atoms with Crippen molar-refractivity contribution >= 4 is 23.2 Å². The van der Waals surface area contributed by atoms with Gasteiger partial charge in [0, 0.05) is 0 Å². The van der Waals surface area contributed by atoms with Gasteiger partial charge in [-0.05, 0) is 12.5 Å². The summed E-state index contributed by atoms with van der Waals surface area (Å²) in [6.45, 7) is 2.16. The van der Waals surface area contributed by atoms with Crippen LogP contribution in [0.15, 0.2) is 6.07 Å². The molecular formula is C9H8Cl2F3NO. The molecule has 1 rings (SSSR count). The summed E-state index contributed by atoms with van der Waals surface area (Å²) in [5.74, 6) is -0.0819. The molecule has 0 fully saturated rings. The lowest BCUT2D eigenvalue weighted by molar-refractivity contribution is -0.137. The Kier molecular flexibility index (Phi) is 4.27. The number of nitrogens with zero attached hydrogens (tertiary/aromatic N) is 1. The molecule has 0 aromatic carbocycles. The van der Waals surface area contributed by atoms with E-state index in [9.17, 15) is 13.2 Å². The summed E-state index contributed by atoms with van der Waals surface area (Å²) in [6, 6.07) is 0.710. The first kappa shape index (κ1) is 13.4. The molecule has 90 valence electrons. The van der Waals surface area contributed by atoms with Crippen LogP contribution < -0.4 is 4.74 Å². The van der Waals surface area contributed by atoms with Crippen LogP contribution in [0.25, 0.3) is 0 Å². The Bertz CT molecular complexity index is 382. The molecule has 0 aliphatic carbocycles. The van der Waals surface area contributed by atoms with Gasteiger partial charge >= 0.3 is 6.18 Å². The van der Waals surface area contributed by atoms with Crippen molar-refractivity contribution in [2.24, 2.45) is 0 Å². The van der Waals surface area contributed by atoms with Gasteiger partial charge < -0.3 is 4.74 Å². The predicted octanol–water partition coefficient (Wildman–Crippen LogP) is 4.20. The van der Waals surface area contributed by atoms with Gasteiger partial charge in [-0.1, -0.05) is 30.1 Å². The van der Waals surface area contributed by atoms with E-state index < -0.39 is 16.9 Å². The second kappa shape index (κ2) is 5.10. The van der Waals surface area contributed by atoms with Gasteiger partial charge in [0.05, 0.1) is 12.2 Å². The van der Waals surface area contributed by atoms with Gasteiger partial charge in [-0.15, -0.1) is 0 Å². The number of hydrogen-bond donors (Lipinski definition) is 0. The number of rotatable bonds is 3. The Morgan fingerprint density at radius 1 is 1.38 bits per heavy atom. The van der Waals surface area contributed by atoms with E-state index in [-0.39, 0.29) is 10.9 Å². The number of ether oxygens (including phenoxy) is 1. The summed E-state index contributed by atoms with van der Waals surface area (Å²) in [5, 5.41) is -0.867. The molecule has 0 saturated carbocycles. The van der Waals surface area contributed by atoms with Crippen LogP contribution in [0.4, 0.5) is 13.2 Å². The van der Waals surface area contributed by atoms with Crippen LogP contribution in [0.2, 0.25) is 10.2 Å². The van der Waals surface area contributed by atoms with Gasteiger partial charge in [0.25, 0.3) is 0 Å². The van der Waals surface area contributed by atoms with E-state index in [0.717, 1.165) is 0 Å². The number of pyridine rings is 1. The van der Waals surface area contributed by atoms with E-state index in [1.807, 2.05) is 6.92 Å². The van der Waals surface area contributed by atoms with Gasteiger partial charge in [0.2, 0.25) is 5.88 Å². The maximum absolute atomic E-state index is 12.4. The fourth-order valence-electron chi connectivity index (χ4n) is 0.950. The maximum atomic E-state index is 12.4. The summed E-state index contributed by atoms with van der Waals surface area (Å²) < 4.78 is 42.2. The summed E-state index contributed by atoms with van der Waals surface area (Å²) in [7, 11) is 0. The molecule has 0 spiro atoms. The molecule has 1 aromatic rings. The van der Waals surface area contributed by atoms with Crippen LogP contribution in [0.1, 0.15) is 18.9 Å². The Labute approximate surface area is 100 Å². The quantitative estimate of drug-likeness (QED) is 0.771. The molecule has 1 aromatic heterocycles. The van der Waals surface area contributed by atoms with Crippen molar-refractivity contribution in [2.75, 3.05) is 6.61 Å². The van der Waals surface area contributed by atoms with Crippen molar-refractivity contribution in [1.82, 2.24) is 4.98 Å². The minimum atomic E-state index is -4.57. The normalized spacial score (nSPS) is 11.6. The average molecular weight is 274 g/mol. The highest BCUT2D eigenvalue weighted by atomic mass is 35.5. The van der Waals surface area contributed by atoms with Crippen molar-refractivity contribution in [3.05, 3.63) is 21.8 Å². The standard InChI is InChI=1S/C9H8Cl2F3NO/c1-2-3-16-8-6(10)4-5(7(11)15-8)9(12,13)14/h4H,2-3H2,1H3. The Morgan fingerprint density at radius 3 is 2.50 bits per heavy atom. The van der Waals surface area contributed by atoms with E-state index >= 15 is 0 Å². The first-order chi connectivity index (χ1) is 7.36. The van der Waals surface area contributed by atoms with Crippen LogP contribution in [-0.2, 0) is 6.18 Å². The summed E-state index contributed by atoms with van der Waals surface area (Å²) >= 11 is 11.0. The fourth-order valence-corrected chi connectivity index (χ4v) is 1.39. The zero-order chi connectivity index (χ0) is 12.3. The Morgan fingerprint density at radius 2 is 2.00 bits per heavy atom. The highest BCUT2D eigenvalue weighted by molar-refractivity contribution is 6.33. The third kappa shape index (κ3) is 3.15. The minimum Gasteiger partial charge on any atom is -0.477 e. The van der Waals surface area contributed by atoms with Crippen molar-refractivity contribution < 1.29 is 17.9 Å². The number of alkyl halides is 3. The monoisotopic (exact) mass is 273 g/mol. The molecule has 0 unspecified atom stereocenters. The molecule has 0 atom stereocenters. The molecule has 0 amide bonds. The first-order valence-electron chi connectivity index (χ1n) is 4.42. The molecule has 16 heavy (non-hydrogen) atoms. The molecule has 2 nitrogen and oxygen atoms in total. The van der Waals surface area contributed by atoms with E-state index in [4.69, 9.17) is 27.9 Å². The highest BCUT2D eigenvalue weighted by Crippen LogP contribution is 2.37. The van der Waals surface area contributed by atoms with Crippen molar-refractivity contribution in [1.29, 1.82) is 0 Å². The third-order valence-electron chi connectivity index (χ3n) is 1.65. The SMILES string of the molecule is CCCOc1nc(Cl)c(C(F)(F)F)cc1Cl. The predicted molar refractivity (Wildman–Crippen MR) is 55.0 cm³/mol. The second-order valence-corrected chi connectivity index (χ2v) is 3.73. The van der Waals surface area contributed by atoms with Crippen molar-refractivity contribution in [3.63, 3.8) is 0 Å². The van der Waals surface area contributed by atoms with Crippen LogP contribution in [-0.4, -0.2) is 11.6 Å². The van der Waals surface area contributed by atoms with Crippen LogP contribution >= 0.6 is 23.2 Å². The summed E-state index contributed by atoms with van der Waals surface area (Å²) in [5.41, 5.74) is -1.07. The molecular weight excluding hydrogens is 266 g/mol. The van der Waals surface area contributed by atoms with Gasteiger partial charge in [-0.2, -0.15) is 18.2 Å². The number of halogens is 5. The van der Waals surface area contributed by atoms with Crippen molar-refractivity contribution in [2.45, 2.75) is 19.5 Å². The average Bonchev–Trinajstić information content (AvgIpc) is 2.17. The second-order valence-electron chi connectivity index (χ2n) is 2.96. The fraction of sp³-hybridized carbons (Fsp3) is 0.444. The number of aromatic nitrogens is 1. The van der Waals surface area contributed by atoms with Gasteiger partial charge in [0.15, 0.2) is 0 Å². The van der Waals surface area contributed by atoms with E-state index in [1.165, 1.54) is 0 Å². The van der Waals surface area contributed by atoms with Crippen LogP contribution in [0.3, 0.4) is 0 Å². The smallest absolute Gasteiger partial charge is 0.419 e. The van der Waals surface area contributed by atoms with Gasteiger partial charge in [0.1, 0.15) is 10.2 Å². The minimum absolute atomic E-state index is 0.0819. The van der Waals surface area contributed by atoms with Gasteiger partial charge in [-0.25, -0.2) is 0 Å². The lowest BCUT2D eigenvalue weighted by Gasteiger charge is -2.11. The molecule has 0 radical (unpaired) electrons. The highest BCUT2D eigenvalue weighted by Gasteiger charge is 2.35. The molecule has 1 heterocycles. The zero-order valence-electron chi connectivity index (χ0n) is 8.24. The molecule has 0 saturated heterocycles. The largest absolute Gasteiger partial charge is 0.477 e. The zero-order valence-corrected chi connectivity index (χ0v) is 9.75. The Hall–Kier alpha value is -0.680. The van der Waals surface area contributed by atoms with E-state index in [0.29, 0.717) is 19.1 Å². The van der Waals surface area contributed by atoms with Crippen LogP contribution in [0.5, 0.6) is 5.88 Å². The lowest BCUT2D eigenvalue weighted by Crippen LogP contribution is -2.08. The van der Waals surface area contributed by atoms with Gasteiger partial charge in [-0.3, -0.25) is 0 Å². The maximum Gasteiger partial charge on any atom is 0.419 e. The van der Waals surface area contributed by atoms with E-state index in [2.05, 4.69) is 4.98 Å². The lowest BCUT2D eigenvalue weighted by atomic mass is 10.3. The third-order valence-corrected chi connectivity index (χ3v) is 2.20. The molecule has 0 bridgehead atoms. The first-order valence-corrected chi connectivity index (χ1v) is 5.18. The van der Waals surface area contributed by atoms with Crippen molar-refractivity contribution in [3.8, 4) is 5.88 Å². The molecule has 7 heteroatoms. The van der Waals surface area contributed by atoms with Crippen LogP contribution in [0, 0.1) is 0 Å². The molecule has 0 N–H and O–H groups in total. The summed E-state index contributed by atoms with van der Waals surface area (Å²) in [4.78, 5) is 3.47. The van der Waals surface area contributed by atoms with E-state index in [1.54, 1.807) is 0 Å². The topological polar surface area (TPSA) is 22.1 Å². The molecule has 0 aliphatic rings. The Balaban J connectivity index is 3.07. The molecule has 0 aliphatic heterocycles. The summed E-state index contributed by atoms with van der Waals surface area (Å²) in [6.07, 6.45) is -3.88.